The van der Waals surface area contributed by atoms with Gasteiger partial charge < -0.3 is 9.84 Å². The molecule has 3 heteroatoms. The van der Waals surface area contributed by atoms with Crippen LogP contribution < -0.4 is 4.74 Å². The normalized spacial score (nSPS) is 14.7. The average Bonchev–Trinajstić information content (AvgIpc) is 2.29. The summed E-state index contributed by atoms with van der Waals surface area (Å²) in [5.74, 6) is 0.763. The number of aliphatic hydroxyl groups excluding tert-OH is 1. The number of aliphatic hydroxyl groups is 1. The van der Waals surface area contributed by atoms with Crippen molar-refractivity contribution in [3.8, 4) is 5.75 Å². The molecule has 0 bridgehead atoms. The topological polar surface area (TPSA) is 42.4 Å². The first-order valence-electron chi connectivity index (χ1n) is 5.37. The van der Waals surface area contributed by atoms with Gasteiger partial charge in [0, 0.05) is 11.6 Å². The van der Waals surface area contributed by atoms with Crippen LogP contribution >= 0.6 is 0 Å². The number of fused-ring (bicyclic) bond motifs is 1. The number of rotatable bonds is 3. The standard InChI is InChI=1S/C13H15NO2/c1-9(15)10(2)16-13-7-3-6-12-11(13)5-4-8-14-12/h3-10,15H,1-2H3/t9-,10?/m0/s1. The van der Waals surface area contributed by atoms with Crippen LogP contribution in [0.1, 0.15) is 13.8 Å². The van der Waals surface area contributed by atoms with Crippen LogP contribution in [-0.2, 0) is 0 Å². The van der Waals surface area contributed by atoms with Gasteiger partial charge in [0.05, 0.1) is 11.6 Å². The summed E-state index contributed by atoms with van der Waals surface area (Å²) in [6, 6.07) is 9.58. The van der Waals surface area contributed by atoms with E-state index in [0.717, 1.165) is 16.7 Å². The molecule has 1 N–H and O–H groups in total. The predicted molar refractivity (Wildman–Crippen MR) is 63.5 cm³/mol. The van der Waals surface area contributed by atoms with E-state index in [1.807, 2.05) is 37.3 Å². The van der Waals surface area contributed by atoms with Crippen molar-refractivity contribution in [1.29, 1.82) is 0 Å². The number of benzene rings is 1. The summed E-state index contributed by atoms with van der Waals surface area (Å²) >= 11 is 0. The lowest BCUT2D eigenvalue weighted by atomic mass is 10.2. The van der Waals surface area contributed by atoms with Crippen LogP contribution in [0.2, 0.25) is 0 Å². The third-order valence-corrected chi connectivity index (χ3v) is 2.60. The summed E-state index contributed by atoms with van der Waals surface area (Å²) in [7, 11) is 0. The molecule has 1 heterocycles. The van der Waals surface area contributed by atoms with Gasteiger partial charge >= 0.3 is 0 Å². The zero-order valence-electron chi connectivity index (χ0n) is 9.42. The van der Waals surface area contributed by atoms with Gasteiger partial charge in [0.25, 0.3) is 0 Å². The van der Waals surface area contributed by atoms with Crippen molar-refractivity contribution in [1.82, 2.24) is 4.98 Å². The fraction of sp³-hybridized carbons (Fsp3) is 0.308. The zero-order valence-corrected chi connectivity index (χ0v) is 9.42. The largest absolute Gasteiger partial charge is 0.487 e. The minimum atomic E-state index is -0.494. The van der Waals surface area contributed by atoms with E-state index in [1.54, 1.807) is 13.1 Å². The van der Waals surface area contributed by atoms with Crippen molar-refractivity contribution in [2.24, 2.45) is 0 Å². The lowest BCUT2D eigenvalue weighted by Gasteiger charge is -2.18. The second-order valence-electron chi connectivity index (χ2n) is 3.89. The van der Waals surface area contributed by atoms with Crippen molar-refractivity contribution in [3.63, 3.8) is 0 Å². The van der Waals surface area contributed by atoms with E-state index >= 15 is 0 Å². The molecule has 2 rings (SSSR count). The summed E-state index contributed by atoms with van der Waals surface area (Å²) in [5.41, 5.74) is 0.901. The molecule has 0 aliphatic heterocycles. The highest BCUT2D eigenvalue weighted by molar-refractivity contribution is 5.84. The first-order valence-corrected chi connectivity index (χ1v) is 5.37. The summed E-state index contributed by atoms with van der Waals surface area (Å²) in [6.07, 6.45) is 1.03. The predicted octanol–water partition coefficient (Wildman–Crippen LogP) is 2.38. The molecule has 0 saturated heterocycles. The molecular formula is C13H15NO2. The third kappa shape index (κ3) is 2.14. The van der Waals surface area contributed by atoms with E-state index in [-0.39, 0.29) is 6.10 Å². The van der Waals surface area contributed by atoms with Crippen LogP contribution in [0.5, 0.6) is 5.75 Å². The maximum atomic E-state index is 9.41. The maximum absolute atomic E-state index is 9.41. The number of aromatic nitrogens is 1. The molecule has 0 radical (unpaired) electrons. The molecule has 16 heavy (non-hydrogen) atoms. The van der Waals surface area contributed by atoms with Gasteiger partial charge in [0.1, 0.15) is 11.9 Å². The zero-order chi connectivity index (χ0) is 11.5. The van der Waals surface area contributed by atoms with E-state index in [0.29, 0.717) is 0 Å². The fourth-order valence-electron chi connectivity index (χ4n) is 1.48. The number of nitrogens with zero attached hydrogens (tertiary/aromatic N) is 1. The Morgan fingerprint density at radius 1 is 1.19 bits per heavy atom. The fourth-order valence-corrected chi connectivity index (χ4v) is 1.48. The molecule has 2 atom stereocenters. The second-order valence-corrected chi connectivity index (χ2v) is 3.89. The minimum absolute atomic E-state index is 0.231. The molecule has 2 aromatic rings. The number of pyridine rings is 1. The molecule has 0 fully saturated rings. The van der Waals surface area contributed by atoms with Gasteiger partial charge in [-0.3, -0.25) is 4.98 Å². The molecule has 0 aliphatic carbocycles. The van der Waals surface area contributed by atoms with Crippen LogP contribution in [-0.4, -0.2) is 22.3 Å². The summed E-state index contributed by atoms with van der Waals surface area (Å²) in [4.78, 5) is 4.25. The Bertz CT molecular complexity index is 477. The Kier molecular flexibility index (Phi) is 3.06. The lowest BCUT2D eigenvalue weighted by molar-refractivity contribution is 0.0614. The Labute approximate surface area is 94.7 Å². The van der Waals surface area contributed by atoms with Crippen LogP contribution in [0.15, 0.2) is 36.5 Å². The molecule has 0 saturated carbocycles. The van der Waals surface area contributed by atoms with Crippen molar-refractivity contribution in [2.75, 3.05) is 0 Å². The molecule has 1 aromatic carbocycles. The van der Waals surface area contributed by atoms with Crippen LogP contribution in [0.3, 0.4) is 0 Å². The Hall–Kier alpha value is -1.61. The molecule has 0 amide bonds. The molecular weight excluding hydrogens is 202 g/mol. The Balaban J connectivity index is 2.37. The number of hydrogen-bond donors (Lipinski definition) is 1. The number of ether oxygens (including phenoxy) is 1. The summed E-state index contributed by atoms with van der Waals surface area (Å²) in [5, 5.41) is 10.4. The van der Waals surface area contributed by atoms with Crippen LogP contribution in [0, 0.1) is 0 Å². The average molecular weight is 217 g/mol. The highest BCUT2D eigenvalue weighted by Crippen LogP contribution is 2.24. The van der Waals surface area contributed by atoms with Crippen LogP contribution in [0.25, 0.3) is 10.9 Å². The van der Waals surface area contributed by atoms with Crippen molar-refractivity contribution in [2.45, 2.75) is 26.1 Å². The molecule has 0 spiro atoms. The van der Waals surface area contributed by atoms with Crippen LogP contribution in [0.4, 0.5) is 0 Å². The van der Waals surface area contributed by atoms with E-state index in [2.05, 4.69) is 4.98 Å². The molecule has 3 nitrogen and oxygen atoms in total. The highest BCUT2D eigenvalue weighted by atomic mass is 16.5. The lowest BCUT2D eigenvalue weighted by Crippen LogP contribution is -2.25. The molecule has 84 valence electrons. The first kappa shape index (κ1) is 10.9. The number of hydrogen-bond acceptors (Lipinski definition) is 3. The Morgan fingerprint density at radius 3 is 2.75 bits per heavy atom. The smallest absolute Gasteiger partial charge is 0.129 e. The van der Waals surface area contributed by atoms with Gasteiger partial charge in [-0.15, -0.1) is 0 Å². The van der Waals surface area contributed by atoms with Crippen molar-refractivity contribution >= 4 is 10.9 Å². The van der Waals surface area contributed by atoms with Gasteiger partial charge in [0.15, 0.2) is 0 Å². The first-order chi connectivity index (χ1) is 7.68. The van der Waals surface area contributed by atoms with Gasteiger partial charge in [-0.1, -0.05) is 6.07 Å². The SMILES string of the molecule is CC(Oc1cccc2ncccc12)[C@H](C)O. The van der Waals surface area contributed by atoms with Crippen molar-refractivity contribution in [3.05, 3.63) is 36.5 Å². The van der Waals surface area contributed by atoms with E-state index in [4.69, 9.17) is 4.74 Å². The maximum Gasteiger partial charge on any atom is 0.129 e. The van der Waals surface area contributed by atoms with E-state index < -0.39 is 6.10 Å². The van der Waals surface area contributed by atoms with E-state index in [1.165, 1.54) is 0 Å². The molecule has 0 aliphatic rings. The van der Waals surface area contributed by atoms with E-state index in [9.17, 15) is 5.11 Å². The molecule has 1 unspecified atom stereocenters. The third-order valence-electron chi connectivity index (χ3n) is 2.60. The molecule has 1 aromatic heterocycles. The van der Waals surface area contributed by atoms with Gasteiger partial charge in [-0.05, 0) is 38.1 Å². The van der Waals surface area contributed by atoms with Gasteiger partial charge in [-0.2, -0.15) is 0 Å². The van der Waals surface area contributed by atoms with Gasteiger partial charge in [0.2, 0.25) is 0 Å². The Morgan fingerprint density at radius 2 is 2.00 bits per heavy atom. The second kappa shape index (κ2) is 4.49. The summed E-state index contributed by atoms with van der Waals surface area (Å²) in [6.45, 7) is 3.56. The monoisotopic (exact) mass is 217 g/mol. The minimum Gasteiger partial charge on any atom is -0.487 e. The van der Waals surface area contributed by atoms with Crippen molar-refractivity contribution < 1.29 is 9.84 Å². The summed E-state index contributed by atoms with van der Waals surface area (Å²) < 4.78 is 5.70. The quantitative estimate of drug-likeness (QED) is 0.858. The van der Waals surface area contributed by atoms with Gasteiger partial charge in [-0.25, -0.2) is 0 Å². The highest BCUT2D eigenvalue weighted by Gasteiger charge is 2.11.